The molecule has 0 amide bonds. The molecule has 0 radical (unpaired) electrons. The first-order chi connectivity index (χ1) is 15.2. The van der Waals surface area contributed by atoms with Gasteiger partial charge in [-0.15, -0.1) is 0 Å². The molecule has 1 fully saturated rings. The van der Waals surface area contributed by atoms with E-state index in [0.717, 1.165) is 60.2 Å². The Morgan fingerprint density at radius 3 is 2.13 bits per heavy atom. The van der Waals surface area contributed by atoms with Crippen molar-refractivity contribution in [1.82, 2.24) is 9.88 Å². The summed E-state index contributed by atoms with van der Waals surface area (Å²) in [5, 5.41) is 0. The van der Waals surface area contributed by atoms with Crippen LogP contribution in [0.3, 0.4) is 0 Å². The van der Waals surface area contributed by atoms with E-state index in [4.69, 9.17) is 0 Å². The maximum absolute atomic E-state index is 14.2. The molecule has 0 atom stereocenters. The van der Waals surface area contributed by atoms with Crippen molar-refractivity contribution in [2.45, 2.75) is 44.9 Å². The topological polar surface area (TPSA) is 16.1 Å². The lowest BCUT2D eigenvalue weighted by atomic mass is 10.0. The molecule has 0 unspecified atom stereocenters. The molecular weight excluding hydrogens is 390 g/mol. The molecular formula is C27H30F2N2. The summed E-state index contributed by atoms with van der Waals surface area (Å²) in [6.45, 7) is 3.53. The van der Waals surface area contributed by atoms with Gasteiger partial charge in [0.1, 0.15) is 11.6 Å². The third-order valence-electron chi connectivity index (χ3n) is 6.08. The minimum absolute atomic E-state index is 0.148. The average molecular weight is 421 g/mol. The molecule has 31 heavy (non-hydrogen) atoms. The maximum Gasteiger partial charge on any atom is 0.123 e. The lowest BCUT2D eigenvalue weighted by molar-refractivity contribution is 0.226. The van der Waals surface area contributed by atoms with Crippen LogP contribution in [0.2, 0.25) is 0 Å². The summed E-state index contributed by atoms with van der Waals surface area (Å²) in [5.74, 6) is -0.389. The molecule has 0 saturated carbocycles. The maximum atomic E-state index is 14.2. The van der Waals surface area contributed by atoms with E-state index < -0.39 is 0 Å². The van der Waals surface area contributed by atoms with Crippen molar-refractivity contribution in [3.8, 4) is 11.1 Å². The average Bonchev–Trinajstić information content (AvgIpc) is 2.79. The fourth-order valence-electron chi connectivity index (χ4n) is 4.35. The zero-order valence-corrected chi connectivity index (χ0v) is 18.0. The number of aromatic nitrogens is 1. The van der Waals surface area contributed by atoms with Crippen molar-refractivity contribution >= 4 is 0 Å². The standard InChI is InChI=1S/C27H30F2N2/c28-25-10-7-23(8-11-25)24-9-13-27(30-20-24)12-6-22-17-21(18-26(29)19-22)5-4-16-31-14-2-1-3-15-31/h7-11,13,17-20H,1-6,12,14-16H2. The number of hydrogen-bond acceptors (Lipinski definition) is 2. The van der Waals surface area contributed by atoms with Crippen molar-refractivity contribution in [1.29, 1.82) is 0 Å². The van der Waals surface area contributed by atoms with E-state index in [1.807, 2.05) is 18.3 Å². The lowest BCUT2D eigenvalue weighted by Gasteiger charge is -2.26. The van der Waals surface area contributed by atoms with E-state index in [1.54, 1.807) is 24.3 Å². The quantitative estimate of drug-likeness (QED) is 0.429. The SMILES string of the molecule is Fc1ccc(-c2ccc(CCc3cc(F)cc(CCCN4CCCCC4)c3)nc2)cc1. The van der Waals surface area contributed by atoms with Crippen LogP contribution in [-0.2, 0) is 19.3 Å². The highest BCUT2D eigenvalue weighted by atomic mass is 19.1. The molecule has 2 nitrogen and oxygen atoms in total. The van der Waals surface area contributed by atoms with Crippen molar-refractivity contribution in [3.63, 3.8) is 0 Å². The molecule has 0 spiro atoms. The fraction of sp³-hybridized carbons (Fsp3) is 0.370. The first-order valence-corrected chi connectivity index (χ1v) is 11.4. The van der Waals surface area contributed by atoms with Crippen LogP contribution in [-0.4, -0.2) is 29.5 Å². The fourth-order valence-corrected chi connectivity index (χ4v) is 4.35. The number of rotatable bonds is 8. The summed E-state index contributed by atoms with van der Waals surface area (Å²) in [6.07, 6.45) is 9.32. The van der Waals surface area contributed by atoms with Crippen LogP contribution < -0.4 is 0 Å². The summed E-state index contributed by atoms with van der Waals surface area (Å²) >= 11 is 0. The monoisotopic (exact) mass is 420 g/mol. The second-order valence-corrected chi connectivity index (χ2v) is 8.52. The van der Waals surface area contributed by atoms with E-state index in [2.05, 4.69) is 16.0 Å². The Hall–Kier alpha value is -2.59. The van der Waals surface area contributed by atoms with E-state index >= 15 is 0 Å². The Morgan fingerprint density at radius 2 is 1.42 bits per heavy atom. The number of hydrogen-bond donors (Lipinski definition) is 0. The smallest absolute Gasteiger partial charge is 0.123 e. The van der Waals surface area contributed by atoms with Crippen LogP contribution in [0.15, 0.2) is 60.8 Å². The van der Waals surface area contributed by atoms with Gasteiger partial charge in [0.2, 0.25) is 0 Å². The molecule has 162 valence electrons. The van der Waals surface area contributed by atoms with Crippen molar-refractivity contribution < 1.29 is 8.78 Å². The first-order valence-electron chi connectivity index (χ1n) is 11.4. The molecule has 0 bridgehead atoms. The Kier molecular flexibility index (Phi) is 7.42. The van der Waals surface area contributed by atoms with Gasteiger partial charge in [-0.05, 0) is 105 Å². The molecule has 4 rings (SSSR count). The van der Waals surface area contributed by atoms with Gasteiger partial charge in [0.25, 0.3) is 0 Å². The van der Waals surface area contributed by atoms with Gasteiger partial charge >= 0.3 is 0 Å². The number of pyridine rings is 1. The van der Waals surface area contributed by atoms with E-state index in [9.17, 15) is 8.78 Å². The molecule has 0 N–H and O–H groups in total. The van der Waals surface area contributed by atoms with Gasteiger partial charge in [-0.3, -0.25) is 4.98 Å². The zero-order valence-electron chi connectivity index (χ0n) is 18.0. The number of benzene rings is 2. The molecule has 1 aromatic heterocycles. The summed E-state index contributed by atoms with van der Waals surface area (Å²) < 4.78 is 27.2. The summed E-state index contributed by atoms with van der Waals surface area (Å²) in [4.78, 5) is 7.08. The molecule has 2 aromatic carbocycles. The molecule has 2 heterocycles. The highest BCUT2D eigenvalue weighted by molar-refractivity contribution is 5.62. The summed E-state index contributed by atoms with van der Waals surface area (Å²) in [5.41, 5.74) is 5.00. The van der Waals surface area contributed by atoms with Crippen molar-refractivity contribution in [3.05, 3.63) is 89.2 Å². The number of piperidine rings is 1. The van der Waals surface area contributed by atoms with Gasteiger partial charge in [-0.1, -0.05) is 30.7 Å². The van der Waals surface area contributed by atoms with Crippen LogP contribution in [0.4, 0.5) is 8.78 Å². The van der Waals surface area contributed by atoms with Gasteiger partial charge in [0.15, 0.2) is 0 Å². The predicted octanol–water partition coefficient (Wildman–Crippen LogP) is 6.23. The van der Waals surface area contributed by atoms with Crippen LogP contribution in [0.25, 0.3) is 11.1 Å². The second-order valence-electron chi connectivity index (χ2n) is 8.52. The molecule has 4 heteroatoms. The summed E-state index contributed by atoms with van der Waals surface area (Å²) in [6, 6.07) is 15.9. The van der Waals surface area contributed by atoms with Gasteiger partial charge in [0, 0.05) is 17.5 Å². The second kappa shape index (κ2) is 10.6. The van der Waals surface area contributed by atoms with Crippen LogP contribution >= 0.6 is 0 Å². The van der Waals surface area contributed by atoms with E-state index in [1.165, 1.54) is 44.5 Å². The largest absolute Gasteiger partial charge is 0.303 e. The number of nitrogens with zero attached hydrogens (tertiary/aromatic N) is 2. The number of halogens is 2. The molecule has 1 saturated heterocycles. The number of likely N-dealkylation sites (tertiary alicyclic amines) is 1. The van der Waals surface area contributed by atoms with Gasteiger partial charge in [-0.2, -0.15) is 0 Å². The predicted molar refractivity (Wildman–Crippen MR) is 122 cm³/mol. The Balaban J connectivity index is 1.31. The van der Waals surface area contributed by atoms with E-state index in [-0.39, 0.29) is 11.6 Å². The van der Waals surface area contributed by atoms with Gasteiger partial charge in [-0.25, -0.2) is 8.78 Å². The Bertz CT molecular complexity index is 962. The molecule has 0 aliphatic carbocycles. The zero-order chi connectivity index (χ0) is 21.5. The normalized spacial score (nSPS) is 14.6. The van der Waals surface area contributed by atoms with Crippen LogP contribution in [0.1, 0.15) is 42.5 Å². The van der Waals surface area contributed by atoms with Crippen molar-refractivity contribution in [2.75, 3.05) is 19.6 Å². The minimum Gasteiger partial charge on any atom is -0.303 e. The third kappa shape index (κ3) is 6.44. The Labute approximate surface area is 183 Å². The third-order valence-corrected chi connectivity index (χ3v) is 6.08. The molecule has 3 aromatic rings. The van der Waals surface area contributed by atoms with Crippen LogP contribution in [0.5, 0.6) is 0 Å². The minimum atomic E-state index is -0.241. The molecule has 1 aliphatic rings. The highest BCUT2D eigenvalue weighted by Gasteiger charge is 2.10. The lowest BCUT2D eigenvalue weighted by Crippen LogP contribution is -2.30. The van der Waals surface area contributed by atoms with E-state index in [0.29, 0.717) is 0 Å². The first kappa shape index (κ1) is 21.6. The highest BCUT2D eigenvalue weighted by Crippen LogP contribution is 2.20. The molecule has 1 aliphatic heterocycles. The van der Waals surface area contributed by atoms with Crippen molar-refractivity contribution in [2.24, 2.45) is 0 Å². The number of aryl methyl sites for hydroxylation is 3. The van der Waals surface area contributed by atoms with Crippen LogP contribution in [0, 0.1) is 11.6 Å². The summed E-state index contributed by atoms with van der Waals surface area (Å²) in [7, 11) is 0. The van der Waals surface area contributed by atoms with Gasteiger partial charge in [0.05, 0.1) is 0 Å². The Morgan fingerprint density at radius 1 is 0.710 bits per heavy atom. The van der Waals surface area contributed by atoms with Gasteiger partial charge < -0.3 is 4.90 Å².